The van der Waals surface area contributed by atoms with Crippen LogP contribution in [0, 0.1) is 11.3 Å². The summed E-state index contributed by atoms with van der Waals surface area (Å²) in [5.41, 5.74) is -0.258. The van der Waals surface area contributed by atoms with Crippen LogP contribution in [0.25, 0.3) is 34.3 Å². The van der Waals surface area contributed by atoms with Gasteiger partial charge < -0.3 is 19.5 Å². The SMILES string of the molecule is N#CC(NC(=O)C(O)c1ccc(-c2noc(-c3onc(-c4ccccc4)c3C(F)(F)F)n2)cc1)c1ccccc1. The van der Waals surface area contributed by atoms with Crippen LogP contribution in [0.15, 0.2) is 94.0 Å². The van der Waals surface area contributed by atoms with Gasteiger partial charge in [-0.05, 0) is 11.1 Å². The number of rotatable bonds is 7. The van der Waals surface area contributed by atoms with Crippen LogP contribution in [0.2, 0.25) is 0 Å². The smallest absolute Gasteiger partial charge is 0.378 e. The van der Waals surface area contributed by atoms with Gasteiger partial charge in [0.1, 0.15) is 17.3 Å². The number of aromatic nitrogens is 3. The summed E-state index contributed by atoms with van der Waals surface area (Å²) >= 11 is 0. The van der Waals surface area contributed by atoms with Gasteiger partial charge in [0, 0.05) is 11.1 Å². The van der Waals surface area contributed by atoms with Crippen LogP contribution in [-0.4, -0.2) is 26.3 Å². The number of carbonyl (C=O) groups excluding carboxylic acids is 1. The number of halogens is 3. The van der Waals surface area contributed by atoms with Gasteiger partial charge in [0.2, 0.25) is 11.6 Å². The molecular formula is C28H18F3N5O4. The molecule has 0 fully saturated rings. The summed E-state index contributed by atoms with van der Waals surface area (Å²) in [4.78, 5) is 16.6. The largest absolute Gasteiger partial charge is 0.422 e. The van der Waals surface area contributed by atoms with E-state index in [-0.39, 0.29) is 17.0 Å². The van der Waals surface area contributed by atoms with Gasteiger partial charge in [-0.2, -0.15) is 23.4 Å². The molecule has 200 valence electrons. The minimum atomic E-state index is -4.82. The minimum Gasteiger partial charge on any atom is -0.378 e. The summed E-state index contributed by atoms with van der Waals surface area (Å²) in [6.07, 6.45) is -6.41. The summed E-state index contributed by atoms with van der Waals surface area (Å²) < 4.78 is 51.9. The fourth-order valence-electron chi connectivity index (χ4n) is 3.95. The maximum absolute atomic E-state index is 14.0. The van der Waals surface area contributed by atoms with Crippen molar-refractivity contribution in [3.63, 3.8) is 0 Å². The van der Waals surface area contributed by atoms with E-state index in [0.717, 1.165) is 0 Å². The van der Waals surface area contributed by atoms with E-state index in [4.69, 9.17) is 9.05 Å². The molecule has 0 aliphatic rings. The normalized spacial score (nSPS) is 12.9. The number of carbonyl (C=O) groups is 1. The molecule has 0 spiro atoms. The molecule has 0 aliphatic carbocycles. The van der Waals surface area contributed by atoms with Crippen molar-refractivity contribution in [1.29, 1.82) is 5.26 Å². The molecule has 12 heteroatoms. The summed E-state index contributed by atoms with van der Waals surface area (Å²) in [7, 11) is 0. The Morgan fingerprint density at radius 3 is 2.15 bits per heavy atom. The Balaban J connectivity index is 1.35. The van der Waals surface area contributed by atoms with E-state index in [1.165, 1.54) is 36.4 Å². The van der Waals surface area contributed by atoms with Gasteiger partial charge in [-0.3, -0.25) is 4.79 Å². The molecule has 5 aromatic rings. The molecule has 2 aromatic heterocycles. The topological polar surface area (TPSA) is 138 Å². The number of nitrogens with zero attached hydrogens (tertiary/aromatic N) is 4. The molecule has 2 heterocycles. The molecule has 0 saturated heterocycles. The molecule has 0 saturated carbocycles. The van der Waals surface area contributed by atoms with Crippen molar-refractivity contribution in [2.45, 2.75) is 18.3 Å². The lowest BCUT2D eigenvalue weighted by Crippen LogP contribution is -2.32. The molecule has 0 radical (unpaired) electrons. The lowest BCUT2D eigenvalue weighted by atomic mass is 10.0. The van der Waals surface area contributed by atoms with Crippen LogP contribution >= 0.6 is 0 Å². The molecule has 0 aliphatic heterocycles. The number of hydrogen-bond donors (Lipinski definition) is 2. The number of nitrogens with one attached hydrogen (secondary N) is 1. The Kier molecular flexibility index (Phi) is 7.13. The quantitative estimate of drug-likeness (QED) is 0.274. The van der Waals surface area contributed by atoms with Gasteiger partial charge in [-0.25, -0.2) is 0 Å². The summed E-state index contributed by atoms with van der Waals surface area (Å²) in [6, 6.07) is 23.1. The number of alkyl halides is 3. The van der Waals surface area contributed by atoms with Crippen molar-refractivity contribution < 1.29 is 32.1 Å². The first-order valence-corrected chi connectivity index (χ1v) is 11.8. The second-order valence-electron chi connectivity index (χ2n) is 8.53. The fraction of sp³-hybridized carbons (Fsp3) is 0.107. The van der Waals surface area contributed by atoms with Gasteiger partial charge >= 0.3 is 6.18 Å². The van der Waals surface area contributed by atoms with E-state index in [1.54, 1.807) is 48.5 Å². The summed E-state index contributed by atoms with van der Waals surface area (Å²) in [6.45, 7) is 0. The standard InChI is InChI=1S/C28H18F3N5O4/c29-28(30,31)21-22(17-9-5-2-6-10-17)35-39-24(21)27-34-25(36-40-27)19-13-11-18(12-14-19)23(37)26(38)33-20(15-32)16-7-3-1-4-8-16/h1-14,20,23,37H,(H,33,38). The third-order valence-electron chi connectivity index (χ3n) is 5.92. The molecule has 1 amide bonds. The fourth-order valence-corrected chi connectivity index (χ4v) is 3.95. The van der Waals surface area contributed by atoms with Gasteiger partial charge in [0.05, 0.1) is 6.07 Å². The highest BCUT2D eigenvalue weighted by Crippen LogP contribution is 2.43. The van der Waals surface area contributed by atoms with Crippen LogP contribution in [-0.2, 0) is 11.0 Å². The number of aliphatic hydroxyl groups excluding tert-OH is 1. The van der Waals surface area contributed by atoms with E-state index in [0.29, 0.717) is 11.1 Å². The van der Waals surface area contributed by atoms with E-state index in [2.05, 4.69) is 20.6 Å². The van der Waals surface area contributed by atoms with E-state index >= 15 is 0 Å². The predicted molar refractivity (Wildman–Crippen MR) is 134 cm³/mol. The van der Waals surface area contributed by atoms with Crippen molar-refractivity contribution >= 4 is 5.91 Å². The lowest BCUT2D eigenvalue weighted by Gasteiger charge is -2.16. The van der Waals surface area contributed by atoms with Crippen molar-refractivity contribution in [2.24, 2.45) is 0 Å². The van der Waals surface area contributed by atoms with Gasteiger partial charge in [-0.15, -0.1) is 0 Å². The Morgan fingerprint density at radius 2 is 1.52 bits per heavy atom. The monoisotopic (exact) mass is 545 g/mol. The first-order valence-electron chi connectivity index (χ1n) is 11.8. The highest BCUT2D eigenvalue weighted by atomic mass is 19.4. The van der Waals surface area contributed by atoms with Crippen LogP contribution in [0.1, 0.15) is 28.8 Å². The van der Waals surface area contributed by atoms with Crippen molar-refractivity contribution in [3.05, 3.63) is 102 Å². The first kappa shape index (κ1) is 26.3. The minimum absolute atomic E-state index is 0.0556. The highest BCUT2D eigenvalue weighted by molar-refractivity contribution is 5.83. The molecule has 2 atom stereocenters. The van der Waals surface area contributed by atoms with E-state index < -0.39 is 47.1 Å². The summed E-state index contributed by atoms with van der Waals surface area (Å²) in [5, 5.41) is 29.7. The second kappa shape index (κ2) is 10.8. The Labute approximate surface area is 224 Å². The third kappa shape index (κ3) is 5.31. The van der Waals surface area contributed by atoms with Crippen LogP contribution in [0.5, 0.6) is 0 Å². The lowest BCUT2D eigenvalue weighted by molar-refractivity contribution is -0.137. The van der Waals surface area contributed by atoms with Crippen molar-refractivity contribution in [3.8, 4) is 40.4 Å². The average molecular weight is 545 g/mol. The molecule has 9 nitrogen and oxygen atoms in total. The summed E-state index contributed by atoms with van der Waals surface area (Å²) in [5.74, 6) is -2.09. The zero-order valence-electron chi connectivity index (χ0n) is 20.3. The number of aliphatic hydroxyl groups is 1. The van der Waals surface area contributed by atoms with Crippen LogP contribution in [0.3, 0.4) is 0 Å². The Morgan fingerprint density at radius 1 is 0.875 bits per heavy atom. The van der Waals surface area contributed by atoms with Gasteiger partial charge in [-0.1, -0.05) is 95.2 Å². The number of hydrogen-bond acceptors (Lipinski definition) is 8. The van der Waals surface area contributed by atoms with Gasteiger partial charge in [0.15, 0.2) is 6.10 Å². The number of amides is 1. The maximum Gasteiger partial charge on any atom is 0.422 e. The number of benzene rings is 3. The molecule has 5 rings (SSSR count). The van der Waals surface area contributed by atoms with Gasteiger partial charge in [0.25, 0.3) is 11.8 Å². The molecule has 40 heavy (non-hydrogen) atoms. The second-order valence-corrected chi connectivity index (χ2v) is 8.53. The third-order valence-corrected chi connectivity index (χ3v) is 5.92. The molecule has 0 bridgehead atoms. The Bertz CT molecular complexity index is 1660. The highest BCUT2D eigenvalue weighted by Gasteiger charge is 2.43. The van der Waals surface area contributed by atoms with Crippen molar-refractivity contribution in [1.82, 2.24) is 20.6 Å². The molecule has 3 aromatic carbocycles. The van der Waals surface area contributed by atoms with Crippen LogP contribution in [0.4, 0.5) is 13.2 Å². The predicted octanol–water partition coefficient (Wildman–Crippen LogP) is 5.49. The average Bonchev–Trinajstić information content (AvgIpc) is 3.64. The maximum atomic E-state index is 14.0. The number of nitriles is 1. The zero-order chi connectivity index (χ0) is 28.3. The molecule has 2 N–H and O–H groups in total. The van der Waals surface area contributed by atoms with E-state index in [1.807, 2.05) is 6.07 Å². The molecule has 2 unspecified atom stereocenters. The first-order chi connectivity index (χ1) is 19.3. The Hall–Kier alpha value is -5.28. The van der Waals surface area contributed by atoms with E-state index in [9.17, 15) is 28.3 Å². The van der Waals surface area contributed by atoms with Crippen molar-refractivity contribution in [2.75, 3.05) is 0 Å². The zero-order valence-corrected chi connectivity index (χ0v) is 20.3. The molecular weight excluding hydrogens is 527 g/mol. The van der Waals surface area contributed by atoms with Crippen LogP contribution < -0.4 is 5.32 Å².